The largest absolute Gasteiger partial charge is 0.488 e. The van der Waals surface area contributed by atoms with Crippen molar-refractivity contribution in [2.24, 2.45) is 0 Å². The van der Waals surface area contributed by atoms with Crippen LogP contribution in [0.25, 0.3) is 21.5 Å². The van der Waals surface area contributed by atoms with Crippen molar-refractivity contribution >= 4 is 57.7 Å². The Morgan fingerprint density at radius 3 is 0.918 bits per heavy atom. The second-order valence-electron chi connectivity index (χ2n) is 18.6. The van der Waals surface area contributed by atoms with E-state index in [0.29, 0.717) is 70.4 Å². The van der Waals surface area contributed by atoms with Gasteiger partial charge in [0.05, 0.1) is 13.2 Å². The molecule has 73 heavy (non-hydrogen) atoms. The van der Waals surface area contributed by atoms with Crippen LogP contribution in [-0.4, -0.2) is 33.6 Å². The molecule has 0 amide bonds. The van der Waals surface area contributed by atoms with Crippen LogP contribution in [0.1, 0.15) is 103 Å². The lowest BCUT2D eigenvalue weighted by Crippen LogP contribution is -2.32. The lowest BCUT2D eigenvalue weighted by molar-refractivity contribution is 0.261. The first-order valence-corrected chi connectivity index (χ1v) is 31.1. The number of unbranched alkanes of at least 4 members (excludes halogenated alkanes) is 10. The Balaban J connectivity index is 1.13. The highest BCUT2D eigenvalue weighted by Crippen LogP contribution is 2.60. The standard InChI is InChI=1S/C62H68N4O4P2S/c1-3-5-7-9-11-31-45-67-57-58(68-46-32-12-10-8-6-4-2)60(62-66-64-56(70-62)48-72(52-39-25-16-26-40-52,53-41-27-17-28-42-53)54-43-29-18-30-44-54)73-59(57)61-65-63-55(69-61)47-71(49-33-19-13-20-34-49,50-35-21-14-22-36-50)51-37-23-15-24-38-51/h13-30,33-44H,3-12,31-32,45-48H2,1-2H3/q+2. The van der Waals surface area contributed by atoms with Gasteiger partial charge in [-0.2, -0.15) is 0 Å². The number of rotatable bonds is 28. The maximum atomic E-state index is 6.92. The highest BCUT2D eigenvalue weighted by molar-refractivity contribution is 7.95. The zero-order chi connectivity index (χ0) is 50.0. The first-order valence-electron chi connectivity index (χ1n) is 26.3. The molecule has 9 aromatic rings. The van der Waals surface area contributed by atoms with Crippen LogP contribution in [0.2, 0.25) is 0 Å². The van der Waals surface area contributed by atoms with Crippen LogP contribution in [-0.2, 0) is 12.3 Å². The molecule has 0 saturated carbocycles. The van der Waals surface area contributed by atoms with Crippen molar-refractivity contribution in [2.45, 2.75) is 103 Å². The predicted molar refractivity (Wildman–Crippen MR) is 306 cm³/mol. The Bertz CT molecular complexity index is 2610. The SMILES string of the molecule is CCCCCCCCOc1c(-c2nnc(C[P+](c3ccccc3)(c3ccccc3)c3ccccc3)o2)sc(-c2nnc(C[P+](c3ccccc3)(c3ccccc3)c3ccccc3)o2)c1OCCCCCCCC. The van der Waals surface area contributed by atoms with Gasteiger partial charge in [-0.15, -0.1) is 31.7 Å². The summed E-state index contributed by atoms with van der Waals surface area (Å²) in [6.07, 6.45) is 14.8. The molecule has 0 radical (unpaired) electrons. The summed E-state index contributed by atoms with van der Waals surface area (Å²) in [7, 11) is -4.68. The molecule has 3 heterocycles. The van der Waals surface area contributed by atoms with Crippen LogP contribution in [0.5, 0.6) is 11.5 Å². The van der Waals surface area contributed by atoms with Crippen molar-refractivity contribution < 1.29 is 18.3 Å². The fraction of sp³-hybridized carbons (Fsp3) is 0.290. The molecule has 8 nitrogen and oxygen atoms in total. The van der Waals surface area contributed by atoms with E-state index in [1.54, 1.807) is 0 Å². The highest BCUT2D eigenvalue weighted by atomic mass is 32.1. The Morgan fingerprint density at radius 1 is 0.356 bits per heavy atom. The molecule has 9 rings (SSSR count). The van der Waals surface area contributed by atoms with E-state index in [1.807, 2.05) is 0 Å². The van der Waals surface area contributed by atoms with Gasteiger partial charge in [-0.1, -0.05) is 187 Å². The normalized spacial score (nSPS) is 11.8. The maximum absolute atomic E-state index is 6.92. The minimum atomic E-state index is -2.34. The van der Waals surface area contributed by atoms with Gasteiger partial charge in [0.1, 0.15) is 56.1 Å². The zero-order valence-electron chi connectivity index (χ0n) is 42.4. The van der Waals surface area contributed by atoms with Gasteiger partial charge in [0, 0.05) is 0 Å². The number of thiophene rings is 1. The Hall–Kier alpha value is -6.24. The van der Waals surface area contributed by atoms with E-state index < -0.39 is 14.5 Å². The Labute approximate surface area is 437 Å². The van der Waals surface area contributed by atoms with E-state index in [-0.39, 0.29) is 0 Å². The molecule has 0 aliphatic heterocycles. The minimum Gasteiger partial charge on any atom is -0.488 e. The molecular weight excluding hydrogens is 959 g/mol. The molecule has 0 saturated heterocycles. The summed E-state index contributed by atoms with van der Waals surface area (Å²) in [6.45, 7) is 5.53. The molecule has 0 aliphatic carbocycles. The highest BCUT2D eigenvalue weighted by Gasteiger charge is 2.49. The quantitative estimate of drug-likeness (QED) is 0.0354. The number of nitrogens with zero attached hydrogens (tertiary/aromatic N) is 4. The molecule has 0 unspecified atom stereocenters. The van der Waals surface area contributed by atoms with E-state index in [1.165, 1.54) is 94.5 Å². The van der Waals surface area contributed by atoms with E-state index in [0.717, 1.165) is 25.7 Å². The summed E-state index contributed by atoms with van der Waals surface area (Å²) in [6, 6.07) is 64.8. The second kappa shape index (κ2) is 26.1. The summed E-state index contributed by atoms with van der Waals surface area (Å²) in [4.78, 5) is 1.39. The third-order valence-electron chi connectivity index (χ3n) is 13.6. The summed E-state index contributed by atoms with van der Waals surface area (Å²) in [5.74, 6) is 3.03. The predicted octanol–water partition coefficient (Wildman–Crippen LogP) is 14.3. The van der Waals surface area contributed by atoms with Gasteiger partial charge in [-0.05, 0) is 85.6 Å². The smallest absolute Gasteiger partial charge is 0.261 e. The fourth-order valence-electron chi connectivity index (χ4n) is 9.82. The molecule has 0 fully saturated rings. The van der Waals surface area contributed by atoms with Gasteiger partial charge in [0.2, 0.25) is 0 Å². The third-order valence-corrected chi connectivity index (χ3v) is 23.3. The summed E-state index contributed by atoms with van der Waals surface area (Å²) >= 11 is 1.46. The van der Waals surface area contributed by atoms with Crippen molar-refractivity contribution in [3.8, 4) is 33.0 Å². The molecule has 3 aromatic heterocycles. The number of hydrogen-bond donors (Lipinski definition) is 0. The molecule has 374 valence electrons. The molecule has 0 aliphatic rings. The van der Waals surface area contributed by atoms with E-state index in [9.17, 15) is 0 Å². The van der Waals surface area contributed by atoms with E-state index >= 15 is 0 Å². The third kappa shape index (κ3) is 12.2. The van der Waals surface area contributed by atoms with Crippen LogP contribution in [0.15, 0.2) is 191 Å². The van der Waals surface area contributed by atoms with Gasteiger partial charge in [-0.25, -0.2) is 0 Å². The number of hydrogen-bond acceptors (Lipinski definition) is 9. The molecule has 0 atom stereocenters. The topological polar surface area (TPSA) is 96.3 Å². The number of benzene rings is 6. The molecular formula is C62H68N4O4P2S+2. The fourth-order valence-corrected chi connectivity index (χ4v) is 18.9. The maximum Gasteiger partial charge on any atom is 0.261 e. The average Bonchev–Trinajstić information content (AvgIpc) is 4.22. The van der Waals surface area contributed by atoms with Crippen LogP contribution >= 0.6 is 25.9 Å². The first-order chi connectivity index (χ1) is 36.1. The molecule has 6 aromatic carbocycles. The van der Waals surface area contributed by atoms with Gasteiger partial charge >= 0.3 is 0 Å². The lowest BCUT2D eigenvalue weighted by atomic mass is 10.1. The monoisotopic (exact) mass is 1030 g/mol. The van der Waals surface area contributed by atoms with Gasteiger partial charge in [-0.3, -0.25) is 0 Å². The Morgan fingerprint density at radius 2 is 0.630 bits per heavy atom. The van der Waals surface area contributed by atoms with Crippen LogP contribution in [0.4, 0.5) is 0 Å². The molecule has 0 bridgehead atoms. The molecule has 11 heteroatoms. The van der Waals surface area contributed by atoms with Crippen molar-refractivity contribution in [1.29, 1.82) is 0 Å². The van der Waals surface area contributed by atoms with Crippen LogP contribution in [0.3, 0.4) is 0 Å². The van der Waals surface area contributed by atoms with Crippen molar-refractivity contribution in [2.75, 3.05) is 13.2 Å². The average molecular weight is 1030 g/mol. The van der Waals surface area contributed by atoms with Gasteiger partial charge < -0.3 is 18.3 Å². The summed E-state index contributed by atoms with van der Waals surface area (Å²) in [5.41, 5.74) is 0. The lowest BCUT2D eigenvalue weighted by Gasteiger charge is -2.26. The first kappa shape index (κ1) is 51.7. The minimum absolute atomic E-state index is 0.378. The van der Waals surface area contributed by atoms with Gasteiger partial charge in [0.15, 0.2) is 23.8 Å². The summed E-state index contributed by atoms with van der Waals surface area (Å²) < 4.78 is 27.6. The zero-order valence-corrected chi connectivity index (χ0v) is 45.0. The van der Waals surface area contributed by atoms with Crippen molar-refractivity contribution in [3.05, 3.63) is 194 Å². The van der Waals surface area contributed by atoms with E-state index in [4.69, 9.17) is 38.7 Å². The van der Waals surface area contributed by atoms with Crippen LogP contribution < -0.4 is 41.3 Å². The Kier molecular flexibility index (Phi) is 18.5. The van der Waals surface area contributed by atoms with E-state index in [2.05, 4.69) is 196 Å². The number of ether oxygens (including phenoxy) is 2. The van der Waals surface area contributed by atoms with Crippen molar-refractivity contribution in [1.82, 2.24) is 20.4 Å². The molecule has 0 N–H and O–H groups in total. The van der Waals surface area contributed by atoms with Crippen molar-refractivity contribution in [3.63, 3.8) is 0 Å². The number of aromatic nitrogens is 4. The van der Waals surface area contributed by atoms with Crippen LogP contribution in [0, 0.1) is 0 Å². The molecule has 0 spiro atoms. The van der Waals surface area contributed by atoms with Gasteiger partial charge in [0.25, 0.3) is 23.6 Å². The summed E-state index contributed by atoms with van der Waals surface area (Å²) in [5, 5.41) is 26.9. The second-order valence-corrected chi connectivity index (χ2v) is 26.6.